The Bertz CT molecular complexity index is 793. The van der Waals surface area contributed by atoms with Crippen LogP contribution >= 0.6 is 11.3 Å². The molecule has 0 aliphatic carbocycles. The fourth-order valence-corrected chi connectivity index (χ4v) is 5.28. The Morgan fingerprint density at radius 2 is 2.19 bits per heavy atom. The molecule has 1 aromatic carbocycles. The van der Waals surface area contributed by atoms with Crippen LogP contribution in [0.5, 0.6) is 0 Å². The zero-order valence-electron chi connectivity index (χ0n) is 15.6. The Hall–Kier alpha value is -1.96. The second-order valence-electron chi connectivity index (χ2n) is 7.40. The van der Waals surface area contributed by atoms with E-state index in [0.717, 1.165) is 44.6 Å². The van der Waals surface area contributed by atoms with E-state index in [0.29, 0.717) is 27.9 Å². The topological polar surface area (TPSA) is 83.3 Å². The maximum atomic E-state index is 13.1. The SMILES string of the molecule is CCc1nc(N)sc1C(=O)N1CCCC(C2NNCC2c2ccccc2)C1. The number of amides is 1. The second-order valence-corrected chi connectivity index (χ2v) is 8.43. The number of aryl methyl sites for hydroxylation is 1. The predicted molar refractivity (Wildman–Crippen MR) is 109 cm³/mol. The van der Waals surface area contributed by atoms with Gasteiger partial charge in [-0.05, 0) is 30.7 Å². The molecule has 6 nitrogen and oxygen atoms in total. The van der Waals surface area contributed by atoms with Gasteiger partial charge in [-0.3, -0.25) is 15.6 Å². The molecule has 2 aromatic rings. The van der Waals surface area contributed by atoms with Gasteiger partial charge in [0.05, 0.1) is 5.69 Å². The molecule has 2 saturated heterocycles. The standard InChI is InChI=1S/C20H27N5OS/c1-2-16-18(27-20(21)23-16)19(26)25-10-6-9-14(12-25)17-15(11-22-24-17)13-7-4-3-5-8-13/h3-5,7-8,14-15,17,22,24H,2,6,9-12H2,1H3,(H2,21,23). The van der Waals surface area contributed by atoms with Gasteiger partial charge in [0.1, 0.15) is 4.88 Å². The number of nitrogens with one attached hydrogen (secondary N) is 2. The van der Waals surface area contributed by atoms with Crippen molar-refractivity contribution in [3.63, 3.8) is 0 Å². The maximum Gasteiger partial charge on any atom is 0.265 e. The molecule has 27 heavy (non-hydrogen) atoms. The first-order valence-corrected chi connectivity index (χ1v) is 10.6. The van der Waals surface area contributed by atoms with Crippen molar-refractivity contribution in [2.75, 3.05) is 25.4 Å². The van der Waals surface area contributed by atoms with Crippen molar-refractivity contribution in [1.82, 2.24) is 20.7 Å². The van der Waals surface area contributed by atoms with Crippen LogP contribution in [0.2, 0.25) is 0 Å². The van der Waals surface area contributed by atoms with Gasteiger partial charge >= 0.3 is 0 Å². The Morgan fingerprint density at radius 1 is 1.37 bits per heavy atom. The van der Waals surface area contributed by atoms with Crippen LogP contribution in [-0.4, -0.2) is 41.5 Å². The Balaban J connectivity index is 1.50. The number of carbonyl (C=O) groups excluding carboxylic acids is 1. The number of nitrogens with two attached hydrogens (primary N) is 1. The lowest BCUT2D eigenvalue weighted by molar-refractivity contribution is 0.0648. The van der Waals surface area contributed by atoms with E-state index in [1.165, 1.54) is 16.9 Å². The largest absolute Gasteiger partial charge is 0.375 e. The zero-order chi connectivity index (χ0) is 18.8. The van der Waals surface area contributed by atoms with Crippen molar-refractivity contribution in [2.24, 2.45) is 5.92 Å². The molecular formula is C20H27N5OS. The molecule has 2 aliphatic heterocycles. The van der Waals surface area contributed by atoms with Gasteiger partial charge in [-0.1, -0.05) is 48.6 Å². The van der Waals surface area contributed by atoms with Crippen LogP contribution in [0.15, 0.2) is 30.3 Å². The third-order valence-corrected chi connectivity index (χ3v) is 6.66. The lowest BCUT2D eigenvalue weighted by Gasteiger charge is -2.37. The number of anilines is 1. The Morgan fingerprint density at radius 3 is 2.96 bits per heavy atom. The minimum atomic E-state index is 0.0907. The van der Waals surface area contributed by atoms with E-state index >= 15 is 0 Å². The summed E-state index contributed by atoms with van der Waals surface area (Å²) in [6, 6.07) is 11.0. The normalized spacial score (nSPS) is 25.7. The number of hydrogen-bond donors (Lipinski definition) is 3. The molecule has 0 saturated carbocycles. The van der Waals surface area contributed by atoms with Crippen LogP contribution in [0.3, 0.4) is 0 Å². The summed E-state index contributed by atoms with van der Waals surface area (Å²) in [7, 11) is 0. The predicted octanol–water partition coefficient (Wildman–Crippen LogP) is 2.40. The van der Waals surface area contributed by atoms with Gasteiger partial charge < -0.3 is 10.6 Å². The summed E-state index contributed by atoms with van der Waals surface area (Å²) in [5.74, 6) is 0.947. The fraction of sp³-hybridized carbons (Fsp3) is 0.500. The molecule has 3 heterocycles. The number of aromatic nitrogens is 1. The fourth-order valence-electron chi connectivity index (χ4n) is 4.39. The number of hydrazine groups is 1. The van der Waals surface area contributed by atoms with Crippen LogP contribution in [0, 0.1) is 5.92 Å². The van der Waals surface area contributed by atoms with Gasteiger partial charge in [-0.25, -0.2) is 4.98 Å². The van der Waals surface area contributed by atoms with Crippen molar-refractivity contribution in [3.8, 4) is 0 Å². The third kappa shape index (κ3) is 3.72. The molecule has 3 atom stereocenters. The van der Waals surface area contributed by atoms with E-state index in [1.807, 2.05) is 11.8 Å². The van der Waals surface area contributed by atoms with Crippen LogP contribution in [-0.2, 0) is 6.42 Å². The summed E-state index contributed by atoms with van der Waals surface area (Å²) < 4.78 is 0. The molecule has 3 unspecified atom stereocenters. The zero-order valence-corrected chi connectivity index (χ0v) is 16.5. The van der Waals surface area contributed by atoms with Gasteiger partial charge in [0.2, 0.25) is 0 Å². The van der Waals surface area contributed by atoms with Gasteiger partial charge in [0.15, 0.2) is 5.13 Å². The van der Waals surface area contributed by atoms with Crippen LogP contribution in [0.1, 0.15) is 46.6 Å². The van der Waals surface area contributed by atoms with E-state index in [2.05, 4.69) is 46.2 Å². The minimum Gasteiger partial charge on any atom is -0.375 e. The van der Waals surface area contributed by atoms with Crippen molar-refractivity contribution in [2.45, 2.75) is 38.1 Å². The summed E-state index contributed by atoms with van der Waals surface area (Å²) in [6.07, 6.45) is 2.90. The summed E-state index contributed by atoms with van der Waals surface area (Å²) in [5.41, 5.74) is 14.9. The van der Waals surface area contributed by atoms with Crippen molar-refractivity contribution >= 4 is 22.4 Å². The highest BCUT2D eigenvalue weighted by atomic mass is 32.1. The smallest absolute Gasteiger partial charge is 0.265 e. The second kappa shape index (κ2) is 7.96. The first-order valence-electron chi connectivity index (χ1n) is 9.75. The van der Waals surface area contributed by atoms with Gasteiger partial charge in [0.25, 0.3) is 5.91 Å². The quantitative estimate of drug-likeness (QED) is 0.753. The highest BCUT2D eigenvalue weighted by molar-refractivity contribution is 7.17. The lowest BCUT2D eigenvalue weighted by atomic mass is 9.81. The Labute approximate surface area is 164 Å². The average molecular weight is 386 g/mol. The molecule has 0 bridgehead atoms. The van der Waals surface area contributed by atoms with E-state index in [9.17, 15) is 4.79 Å². The van der Waals surface area contributed by atoms with Gasteiger partial charge in [-0.2, -0.15) is 0 Å². The molecule has 1 amide bonds. The molecule has 0 radical (unpaired) electrons. The first kappa shape index (κ1) is 18.4. The highest BCUT2D eigenvalue weighted by Gasteiger charge is 2.38. The summed E-state index contributed by atoms with van der Waals surface area (Å²) in [6.45, 7) is 4.53. The molecular weight excluding hydrogens is 358 g/mol. The van der Waals surface area contributed by atoms with E-state index < -0.39 is 0 Å². The van der Waals surface area contributed by atoms with Crippen molar-refractivity contribution < 1.29 is 4.79 Å². The number of nitrogens with zero attached hydrogens (tertiary/aromatic N) is 2. The number of thiazole rings is 1. The number of carbonyl (C=O) groups is 1. The van der Waals surface area contributed by atoms with Crippen LogP contribution in [0.4, 0.5) is 5.13 Å². The van der Waals surface area contributed by atoms with Gasteiger partial charge in [-0.15, -0.1) is 0 Å². The molecule has 7 heteroatoms. The average Bonchev–Trinajstić information content (AvgIpc) is 3.34. The number of hydrogen-bond acceptors (Lipinski definition) is 6. The number of rotatable bonds is 4. The monoisotopic (exact) mass is 385 g/mol. The molecule has 2 fully saturated rings. The molecule has 0 spiro atoms. The Kier molecular flexibility index (Phi) is 5.43. The highest BCUT2D eigenvalue weighted by Crippen LogP contribution is 2.33. The molecule has 4 N–H and O–H groups in total. The number of likely N-dealkylation sites (tertiary alicyclic amines) is 1. The third-order valence-electron chi connectivity index (χ3n) is 5.75. The summed E-state index contributed by atoms with van der Waals surface area (Å²) >= 11 is 1.32. The van der Waals surface area contributed by atoms with Crippen molar-refractivity contribution in [3.05, 3.63) is 46.5 Å². The number of nitrogen functional groups attached to an aromatic ring is 1. The van der Waals surface area contributed by atoms with Crippen molar-refractivity contribution in [1.29, 1.82) is 0 Å². The van der Waals surface area contributed by atoms with E-state index in [-0.39, 0.29) is 5.91 Å². The maximum absolute atomic E-state index is 13.1. The van der Waals surface area contributed by atoms with E-state index in [4.69, 9.17) is 5.73 Å². The van der Waals surface area contributed by atoms with Crippen LogP contribution < -0.4 is 16.6 Å². The number of piperidine rings is 1. The molecule has 2 aliphatic rings. The molecule has 144 valence electrons. The van der Waals surface area contributed by atoms with Gasteiger partial charge in [0, 0.05) is 31.6 Å². The first-order chi connectivity index (χ1) is 13.2. The molecule has 1 aromatic heterocycles. The van der Waals surface area contributed by atoms with Crippen LogP contribution in [0.25, 0.3) is 0 Å². The van der Waals surface area contributed by atoms with E-state index in [1.54, 1.807) is 0 Å². The lowest BCUT2D eigenvalue weighted by Crippen LogP contribution is -2.48. The molecule has 4 rings (SSSR count). The minimum absolute atomic E-state index is 0.0907. The summed E-state index contributed by atoms with van der Waals surface area (Å²) in [4.78, 5) is 20.1. The summed E-state index contributed by atoms with van der Waals surface area (Å²) in [5, 5.41) is 0.481. The number of benzene rings is 1.